The summed E-state index contributed by atoms with van der Waals surface area (Å²) in [6.07, 6.45) is 3.01. The van der Waals surface area contributed by atoms with Crippen LogP contribution in [0.15, 0.2) is 59.7 Å². The Kier molecular flexibility index (Phi) is 5.93. The van der Waals surface area contributed by atoms with Crippen LogP contribution in [0.3, 0.4) is 0 Å². The molecule has 3 heterocycles. The maximum Gasteiger partial charge on any atom is 0.266 e. The first kappa shape index (κ1) is 22.3. The molecule has 1 saturated heterocycles. The minimum Gasteiger partial charge on any atom is -0.369 e. The molecule has 1 N–H and O–H groups in total. The summed E-state index contributed by atoms with van der Waals surface area (Å²) in [6.45, 7) is 5.93. The van der Waals surface area contributed by atoms with Crippen molar-refractivity contribution in [3.63, 3.8) is 0 Å². The number of aromatic nitrogens is 3. The van der Waals surface area contributed by atoms with Crippen LogP contribution in [0.1, 0.15) is 5.56 Å². The highest BCUT2D eigenvalue weighted by Gasteiger charge is 2.16. The van der Waals surface area contributed by atoms with Gasteiger partial charge in [-0.1, -0.05) is 17.7 Å². The van der Waals surface area contributed by atoms with Crippen molar-refractivity contribution in [1.82, 2.24) is 19.4 Å². The van der Waals surface area contributed by atoms with Crippen molar-refractivity contribution >= 4 is 39.8 Å². The van der Waals surface area contributed by atoms with Gasteiger partial charge >= 0.3 is 0 Å². The average molecular weight is 479 g/mol. The Bertz CT molecular complexity index is 1390. The van der Waals surface area contributed by atoms with Crippen molar-refractivity contribution in [1.29, 1.82) is 0 Å². The van der Waals surface area contributed by atoms with E-state index in [0.29, 0.717) is 17.0 Å². The number of anilines is 3. The van der Waals surface area contributed by atoms with E-state index in [1.165, 1.54) is 28.6 Å². The van der Waals surface area contributed by atoms with Crippen LogP contribution in [0.25, 0.3) is 16.6 Å². The Labute approximate surface area is 201 Å². The third-order valence-electron chi connectivity index (χ3n) is 6.10. The second-order valence-corrected chi connectivity index (χ2v) is 8.88. The van der Waals surface area contributed by atoms with E-state index < -0.39 is 11.4 Å². The molecule has 2 aromatic heterocycles. The summed E-state index contributed by atoms with van der Waals surface area (Å²) >= 11 is 6.18. The first-order chi connectivity index (χ1) is 16.4. The zero-order chi connectivity index (χ0) is 23.8. The topological polar surface area (TPSA) is 66.3 Å². The number of nitrogens with one attached hydrogen (secondary N) is 1. The van der Waals surface area contributed by atoms with Crippen LogP contribution in [0.4, 0.5) is 21.7 Å². The van der Waals surface area contributed by atoms with Gasteiger partial charge in [0.05, 0.1) is 15.9 Å². The maximum absolute atomic E-state index is 14.4. The zero-order valence-electron chi connectivity index (χ0n) is 18.9. The molecule has 1 fully saturated rings. The van der Waals surface area contributed by atoms with Crippen LogP contribution >= 0.6 is 11.6 Å². The first-order valence-corrected chi connectivity index (χ1v) is 11.4. The number of rotatable bonds is 4. The molecule has 0 radical (unpaired) electrons. The van der Waals surface area contributed by atoms with E-state index in [9.17, 15) is 9.18 Å². The van der Waals surface area contributed by atoms with Gasteiger partial charge in [0.2, 0.25) is 5.95 Å². The molecule has 1 aliphatic heterocycles. The van der Waals surface area contributed by atoms with Crippen LogP contribution in [0.2, 0.25) is 5.02 Å². The van der Waals surface area contributed by atoms with E-state index in [4.69, 9.17) is 11.6 Å². The van der Waals surface area contributed by atoms with Gasteiger partial charge in [0.25, 0.3) is 5.56 Å². The van der Waals surface area contributed by atoms with Gasteiger partial charge in [-0.25, -0.2) is 14.4 Å². The highest BCUT2D eigenvalue weighted by atomic mass is 35.5. The molecule has 0 atom stereocenters. The fourth-order valence-electron chi connectivity index (χ4n) is 4.18. The van der Waals surface area contributed by atoms with E-state index in [-0.39, 0.29) is 16.1 Å². The molecule has 9 heteroatoms. The molecule has 0 amide bonds. The maximum atomic E-state index is 14.4. The molecule has 34 heavy (non-hydrogen) atoms. The first-order valence-electron chi connectivity index (χ1n) is 11.0. The third-order valence-corrected chi connectivity index (χ3v) is 6.41. The Morgan fingerprint density at radius 3 is 2.50 bits per heavy atom. The van der Waals surface area contributed by atoms with Gasteiger partial charge in [-0.15, -0.1) is 0 Å². The van der Waals surface area contributed by atoms with Crippen molar-refractivity contribution in [3.05, 3.63) is 81.6 Å². The number of para-hydroxylation sites is 1. The van der Waals surface area contributed by atoms with Crippen molar-refractivity contribution in [2.75, 3.05) is 43.4 Å². The van der Waals surface area contributed by atoms with E-state index in [0.717, 1.165) is 31.9 Å². The third kappa shape index (κ3) is 4.22. The van der Waals surface area contributed by atoms with Gasteiger partial charge in [0.1, 0.15) is 11.5 Å². The van der Waals surface area contributed by atoms with E-state index in [2.05, 4.69) is 44.3 Å². The van der Waals surface area contributed by atoms with E-state index in [1.54, 1.807) is 12.3 Å². The number of fused-ring (bicyclic) bond motifs is 1. The van der Waals surface area contributed by atoms with E-state index in [1.807, 2.05) is 19.1 Å². The van der Waals surface area contributed by atoms with E-state index >= 15 is 0 Å². The molecular formula is C25H24ClFN6O. The molecule has 5 rings (SSSR count). The molecule has 0 unspecified atom stereocenters. The predicted molar refractivity (Wildman–Crippen MR) is 134 cm³/mol. The SMILES string of the molecule is Cc1cn(-c2c(F)cccc2Cl)c(=O)c2cnc(Nc3ccc(N4CCN(C)CC4)cc3)nc12. The van der Waals surface area contributed by atoms with Crippen molar-refractivity contribution in [3.8, 4) is 5.69 Å². The molecule has 4 aromatic rings. The molecular weight excluding hydrogens is 455 g/mol. The highest BCUT2D eigenvalue weighted by molar-refractivity contribution is 6.32. The lowest BCUT2D eigenvalue weighted by atomic mass is 10.2. The van der Waals surface area contributed by atoms with Crippen molar-refractivity contribution < 1.29 is 4.39 Å². The number of aryl methyl sites for hydroxylation is 1. The van der Waals surface area contributed by atoms with Gasteiger partial charge in [0, 0.05) is 49.9 Å². The molecule has 2 aromatic carbocycles. The number of likely N-dealkylation sites (N-methyl/N-ethyl adjacent to an activating group) is 1. The summed E-state index contributed by atoms with van der Waals surface area (Å²) in [6, 6.07) is 12.5. The molecule has 0 bridgehead atoms. The smallest absolute Gasteiger partial charge is 0.266 e. The van der Waals surface area contributed by atoms with Gasteiger partial charge in [-0.3, -0.25) is 9.36 Å². The van der Waals surface area contributed by atoms with Crippen LogP contribution in [-0.2, 0) is 0 Å². The second-order valence-electron chi connectivity index (χ2n) is 8.48. The Hall–Kier alpha value is -3.49. The quantitative estimate of drug-likeness (QED) is 0.469. The summed E-state index contributed by atoms with van der Waals surface area (Å²) in [4.78, 5) is 26.7. The predicted octanol–water partition coefficient (Wildman–Crippen LogP) is 4.38. The lowest BCUT2D eigenvalue weighted by molar-refractivity contribution is 0.313. The largest absolute Gasteiger partial charge is 0.369 e. The Morgan fingerprint density at radius 1 is 1.06 bits per heavy atom. The number of pyridine rings is 1. The van der Waals surface area contributed by atoms with Crippen LogP contribution < -0.4 is 15.8 Å². The number of hydrogen-bond acceptors (Lipinski definition) is 6. The summed E-state index contributed by atoms with van der Waals surface area (Å²) in [7, 11) is 2.14. The second kappa shape index (κ2) is 9.04. The standard InChI is InChI=1S/C25H24ClFN6O/c1-16-15-33(23-20(26)4-3-5-21(23)27)24(34)19-14-28-25(30-22(16)19)29-17-6-8-18(9-7-17)32-12-10-31(2)11-13-32/h3-9,14-15H,10-13H2,1-2H3,(H,28,29,30). The lowest BCUT2D eigenvalue weighted by Crippen LogP contribution is -2.44. The highest BCUT2D eigenvalue weighted by Crippen LogP contribution is 2.25. The van der Waals surface area contributed by atoms with Gasteiger partial charge < -0.3 is 15.1 Å². The summed E-state index contributed by atoms with van der Waals surface area (Å²) in [5.41, 5.74) is 2.81. The number of hydrogen-bond donors (Lipinski definition) is 1. The van der Waals surface area contributed by atoms with Crippen molar-refractivity contribution in [2.45, 2.75) is 6.92 Å². The summed E-state index contributed by atoms with van der Waals surface area (Å²) in [5.74, 6) is -0.198. The normalized spacial score (nSPS) is 14.5. The van der Waals surface area contributed by atoms with Crippen molar-refractivity contribution in [2.24, 2.45) is 0 Å². The number of piperazine rings is 1. The molecule has 1 aliphatic rings. The molecule has 0 aliphatic carbocycles. The number of halogens is 2. The summed E-state index contributed by atoms with van der Waals surface area (Å²) in [5, 5.41) is 3.65. The molecule has 0 saturated carbocycles. The Balaban J connectivity index is 1.43. The molecule has 7 nitrogen and oxygen atoms in total. The van der Waals surface area contributed by atoms with Gasteiger partial charge in [-0.05, 0) is 55.9 Å². The van der Waals surface area contributed by atoms with Crippen LogP contribution in [0, 0.1) is 12.7 Å². The molecule has 174 valence electrons. The van der Waals surface area contributed by atoms with Crippen LogP contribution in [-0.4, -0.2) is 52.7 Å². The monoisotopic (exact) mass is 478 g/mol. The lowest BCUT2D eigenvalue weighted by Gasteiger charge is -2.34. The Morgan fingerprint density at radius 2 is 1.79 bits per heavy atom. The minimum atomic E-state index is -0.576. The number of nitrogens with zero attached hydrogens (tertiary/aromatic N) is 5. The zero-order valence-corrected chi connectivity index (χ0v) is 19.7. The average Bonchev–Trinajstić information content (AvgIpc) is 2.83. The van der Waals surface area contributed by atoms with Gasteiger partial charge in [-0.2, -0.15) is 0 Å². The fourth-order valence-corrected chi connectivity index (χ4v) is 4.43. The fraction of sp³-hybridized carbons (Fsp3) is 0.240. The minimum absolute atomic E-state index is 0.0156. The molecule has 0 spiro atoms. The van der Waals surface area contributed by atoms with Gasteiger partial charge in [0.15, 0.2) is 0 Å². The summed E-state index contributed by atoms with van der Waals surface area (Å²) < 4.78 is 15.6. The number of benzene rings is 2. The van der Waals surface area contributed by atoms with Crippen LogP contribution in [0.5, 0.6) is 0 Å².